The van der Waals surface area contributed by atoms with Gasteiger partial charge in [-0.3, -0.25) is 4.57 Å². The summed E-state index contributed by atoms with van der Waals surface area (Å²) in [4.78, 5) is 13.5. The summed E-state index contributed by atoms with van der Waals surface area (Å²) in [5.41, 5.74) is 2.85. The van der Waals surface area contributed by atoms with E-state index in [1.807, 2.05) is 29.8 Å². The van der Waals surface area contributed by atoms with Crippen molar-refractivity contribution >= 4 is 34.7 Å². The largest absolute Gasteiger partial charge is 0.329 e. The van der Waals surface area contributed by atoms with Crippen LogP contribution < -0.4 is 0 Å². The Hall–Kier alpha value is -1.53. The van der Waals surface area contributed by atoms with Gasteiger partial charge < -0.3 is 4.98 Å². The fourth-order valence-electron chi connectivity index (χ4n) is 2.13. The van der Waals surface area contributed by atoms with Crippen LogP contribution in [0.25, 0.3) is 11.2 Å². The molecule has 6 heteroatoms. The lowest BCUT2D eigenvalue weighted by atomic mass is 10.3. The topological polar surface area (TPSA) is 46.5 Å². The third-order valence-electron chi connectivity index (χ3n) is 3.09. The number of aromatic nitrogens is 4. The molecule has 19 heavy (non-hydrogen) atoms. The molecule has 3 aromatic rings. The van der Waals surface area contributed by atoms with E-state index in [4.69, 9.17) is 12.2 Å². The molecule has 1 unspecified atom stereocenters. The Labute approximate surface area is 120 Å². The van der Waals surface area contributed by atoms with E-state index in [0.29, 0.717) is 4.77 Å². The third-order valence-corrected chi connectivity index (χ3v) is 4.47. The average Bonchev–Trinajstić information content (AvgIpc) is 2.91. The number of H-pyrrole nitrogens is 1. The van der Waals surface area contributed by atoms with Crippen molar-refractivity contribution in [2.24, 2.45) is 0 Å². The maximum atomic E-state index is 5.42. The summed E-state index contributed by atoms with van der Waals surface area (Å²) in [5, 5.41) is 1.05. The van der Waals surface area contributed by atoms with Crippen LogP contribution in [-0.2, 0) is 0 Å². The number of fused-ring (bicyclic) bond motifs is 1. The van der Waals surface area contributed by atoms with E-state index in [9.17, 15) is 0 Å². The number of aryl methyl sites for hydroxylation is 2. The van der Waals surface area contributed by atoms with Gasteiger partial charge in [0.1, 0.15) is 5.01 Å². The molecule has 0 aliphatic heterocycles. The third kappa shape index (κ3) is 2.11. The minimum Gasteiger partial charge on any atom is -0.329 e. The molecule has 98 valence electrons. The van der Waals surface area contributed by atoms with Gasteiger partial charge in [-0.2, -0.15) is 0 Å². The van der Waals surface area contributed by atoms with Crippen molar-refractivity contribution in [1.29, 1.82) is 0 Å². The first-order valence-electron chi connectivity index (χ1n) is 6.06. The van der Waals surface area contributed by atoms with Gasteiger partial charge in [-0.25, -0.2) is 9.97 Å². The fraction of sp³-hybridized carbons (Fsp3) is 0.308. The van der Waals surface area contributed by atoms with Crippen LogP contribution in [0.4, 0.5) is 0 Å². The second-order valence-corrected chi connectivity index (χ2v) is 6.26. The number of thiazole rings is 1. The predicted molar refractivity (Wildman–Crippen MR) is 80.3 cm³/mol. The van der Waals surface area contributed by atoms with Crippen molar-refractivity contribution in [1.82, 2.24) is 19.5 Å². The van der Waals surface area contributed by atoms with Crippen LogP contribution in [0.3, 0.4) is 0 Å². The van der Waals surface area contributed by atoms with E-state index < -0.39 is 0 Å². The highest BCUT2D eigenvalue weighted by molar-refractivity contribution is 7.71. The fourth-order valence-corrected chi connectivity index (χ4v) is 3.30. The first kappa shape index (κ1) is 12.5. The Morgan fingerprint density at radius 1 is 1.37 bits per heavy atom. The van der Waals surface area contributed by atoms with E-state index in [1.54, 1.807) is 11.3 Å². The summed E-state index contributed by atoms with van der Waals surface area (Å²) < 4.78 is 2.73. The minimum atomic E-state index is 0.0919. The van der Waals surface area contributed by atoms with Crippen molar-refractivity contribution in [3.8, 4) is 0 Å². The zero-order valence-corrected chi connectivity index (χ0v) is 12.6. The van der Waals surface area contributed by atoms with Crippen molar-refractivity contribution in [2.75, 3.05) is 0 Å². The van der Waals surface area contributed by atoms with Gasteiger partial charge >= 0.3 is 0 Å². The highest BCUT2D eigenvalue weighted by Crippen LogP contribution is 2.26. The SMILES string of the molecule is Cc1ccc2[nH]c(=S)n(C(C)c3ncc(C)s3)c2n1. The Bertz CT molecular complexity index is 796. The van der Waals surface area contributed by atoms with E-state index in [-0.39, 0.29) is 6.04 Å². The van der Waals surface area contributed by atoms with Gasteiger partial charge in [-0.15, -0.1) is 11.3 Å². The average molecular weight is 290 g/mol. The zero-order chi connectivity index (χ0) is 13.6. The molecule has 0 amide bonds. The summed E-state index contributed by atoms with van der Waals surface area (Å²) in [5.74, 6) is 0. The van der Waals surface area contributed by atoms with E-state index in [0.717, 1.165) is 21.9 Å². The second kappa shape index (κ2) is 4.54. The van der Waals surface area contributed by atoms with Gasteiger partial charge in [0.2, 0.25) is 0 Å². The lowest BCUT2D eigenvalue weighted by molar-refractivity contribution is 0.639. The monoisotopic (exact) mass is 290 g/mol. The molecular weight excluding hydrogens is 276 g/mol. The van der Waals surface area contributed by atoms with Gasteiger partial charge in [0, 0.05) is 16.8 Å². The van der Waals surface area contributed by atoms with Crippen LogP contribution in [-0.4, -0.2) is 19.5 Å². The quantitative estimate of drug-likeness (QED) is 0.731. The summed E-state index contributed by atoms with van der Waals surface area (Å²) >= 11 is 7.12. The van der Waals surface area contributed by atoms with Crippen LogP contribution >= 0.6 is 23.6 Å². The maximum absolute atomic E-state index is 5.42. The molecular formula is C13H14N4S2. The smallest absolute Gasteiger partial charge is 0.179 e. The van der Waals surface area contributed by atoms with Gasteiger partial charge in [0.15, 0.2) is 10.4 Å². The molecule has 4 nitrogen and oxygen atoms in total. The van der Waals surface area contributed by atoms with Crippen molar-refractivity contribution in [3.05, 3.63) is 38.7 Å². The van der Waals surface area contributed by atoms with E-state index in [2.05, 4.69) is 28.8 Å². The number of hydrogen-bond donors (Lipinski definition) is 1. The predicted octanol–water partition coefficient (Wildman–Crippen LogP) is 3.78. The van der Waals surface area contributed by atoms with Crippen LogP contribution in [0.15, 0.2) is 18.3 Å². The highest BCUT2D eigenvalue weighted by atomic mass is 32.1. The van der Waals surface area contributed by atoms with E-state index >= 15 is 0 Å². The van der Waals surface area contributed by atoms with Crippen molar-refractivity contribution in [2.45, 2.75) is 26.8 Å². The molecule has 0 fully saturated rings. The second-order valence-electron chi connectivity index (χ2n) is 4.61. The van der Waals surface area contributed by atoms with Crippen molar-refractivity contribution in [3.63, 3.8) is 0 Å². The highest BCUT2D eigenvalue weighted by Gasteiger charge is 2.16. The molecule has 0 aliphatic rings. The standard InChI is InChI=1S/C13H14N4S2/c1-7-4-5-10-11(15-7)17(13(18)16-10)9(3)12-14-6-8(2)19-12/h4-6,9H,1-3H3,(H,16,18). The molecule has 0 aliphatic carbocycles. The summed E-state index contributed by atoms with van der Waals surface area (Å²) in [6, 6.07) is 4.09. The molecule has 0 saturated carbocycles. The zero-order valence-electron chi connectivity index (χ0n) is 11.0. The molecule has 3 rings (SSSR count). The van der Waals surface area contributed by atoms with Crippen LogP contribution in [0.5, 0.6) is 0 Å². The molecule has 0 aromatic carbocycles. The summed E-state index contributed by atoms with van der Waals surface area (Å²) in [6.07, 6.45) is 1.90. The number of nitrogens with one attached hydrogen (secondary N) is 1. The molecule has 1 N–H and O–H groups in total. The molecule has 1 atom stereocenters. The van der Waals surface area contributed by atoms with E-state index in [1.165, 1.54) is 4.88 Å². The van der Waals surface area contributed by atoms with Crippen LogP contribution in [0.2, 0.25) is 0 Å². The number of aromatic amines is 1. The Morgan fingerprint density at radius 2 is 2.16 bits per heavy atom. The molecule has 3 aromatic heterocycles. The first-order chi connectivity index (χ1) is 9.06. The van der Waals surface area contributed by atoms with Crippen molar-refractivity contribution < 1.29 is 0 Å². The number of pyridine rings is 1. The molecule has 3 heterocycles. The maximum Gasteiger partial charge on any atom is 0.179 e. The molecule has 0 saturated heterocycles. The Morgan fingerprint density at radius 3 is 2.84 bits per heavy atom. The van der Waals surface area contributed by atoms with Gasteiger partial charge in [-0.1, -0.05) is 0 Å². The number of imidazole rings is 1. The number of rotatable bonds is 2. The lowest BCUT2D eigenvalue weighted by Gasteiger charge is -2.11. The van der Waals surface area contributed by atoms with Gasteiger partial charge in [0.25, 0.3) is 0 Å². The lowest BCUT2D eigenvalue weighted by Crippen LogP contribution is -2.07. The molecule has 0 bridgehead atoms. The van der Waals surface area contributed by atoms with Crippen LogP contribution in [0.1, 0.15) is 28.5 Å². The summed E-state index contributed by atoms with van der Waals surface area (Å²) in [7, 11) is 0. The molecule has 0 radical (unpaired) electrons. The molecule has 0 spiro atoms. The first-order valence-corrected chi connectivity index (χ1v) is 7.29. The van der Waals surface area contributed by atoms with Crippen LogP contribution in [0, 0.1) is 18.6 Å². The number of hydrogen-bond acceptors (Lipinski definition) is 4. The Balaban J connectivity index is 2.21. The minimum absolute atomic E-state index is 0.0919. The number of nitrogens with zero attached hydrogens (tertiary/aromatic N) is 3. The normalized spacial score (nSPS) is 13.0. The Kier molecular flexibility index (Phi) is 2.99. The summed E-state index contributed by atoms with van der Waals surface area (Å²) in [6.45, 7) is 6.15. The van der Waals surface area contributed by atoms with Gasteiger partial charge in [-0.05, 0) is 45.1 Å². The van der Waals surface area contributed by atoms with Gasteiger partial charge in [0.05, 0.1) is 11.6 Å².